The predicted octanol–water partition coefficient (Wildman–Crippen LogP) is 6.12. The lowest BCUT2D eigenvalue weighted by Gasteiger charge is -2.29. The largest absolute Gasteiger partial charge is 0.369 e. The molecule has 0 aromatic heterocycles. The van der Waals surface area contributed by atoms with E-state index in [9.17, 15) is 4.39 Å². The summed E-state index contributed by atoms with van der Waals surface area (Å²) >= 11 is 11.9. The van der Waals surface area contributed by atoms with Crippen molar-refractivity contribution >= 4 is 40.3 Å². The van der Waals surface area contributed by atoms with Gasteiger partial charge >= 0.3 is 0 Å². The maximum absolute atomic E-state index is 14.4. The van der Waals surface area contributed by atoms with Crippen LogP contribution in [-0.4, -0.2) is 13.1 Å². The van der Waals surface area contributed by atoms with Gasteiger partial charge in [-0.1, -0.05) is 29.8 Å². The van der Waals surface area contributed by atoms with Crippen LogP contribution in [0.15, 0.2) is 48.8 Å². The van der Waals surface area contributed by atoms with Gasteiger partial charge in [0.2, 0.25) is 0 Å². The van der Waals surface area contributed by atoms with E-state index < -0.39 is 0 Å². The maximum atomic E-state index is 14.4. The van der Waals surface area contributed by atoms with Crippen molar-refractivity contribution in [3.8, 4) is 0 Å². The number of piperidine rings is 1. The average molecular weight is 380 g/mol. The van der Waals surface area contributed by atoms with Crippen LogP contribution < -0.4 is 15.5 Å². The van der Waals surface area contributed by atoms with Gasteiger partial charge in [-0.15, -0.1) is 0 Å². The first kappa shape index (κ1) is 17.9. The summed E-state index contributed by atoms with van der Waals surface area (Å²) in [6, 6.07) is 10.4. The number of hydrogen-bond acceptors (Lipinski definition) is 3. The second-order valence-corrected chi connectivity index (χ2v) is 6.89. The molecule has 0 aliphatic carbocycles. The van der Waals surface area contributed by atoms with Gasteiger partial charge in [-0.05, 0) is 55.7 Å². The third-order valence-electron chi connectivity index (χ3n) is 4.15. The highest BCUT2D eigenvalue weighted by Crippen LogP contribution is 2.27. The Balaban J connectivity index is 1.64. The quantitative estimate of drug-likeness (QED) is 0.655. The molecular formula is C19H20Cl2FN3. The zero-order valence-electron chi connectivity index (χ0n) is 13.8. The van der Waals surface area contributed by atoms with Gasteiger partial charge in [0.15, 0.2) is 0 Å². The number of rotatable bonds is 5. The minimum Gasteiger partial charge on any atom is -0.369 e. The minimum atomic E-state index is -0.228. The van der Waals surface area contributed by atoms with E-state index in [2.05, 4.69) is 22.1 Å². The summed E-state index contributed by atoms with van der Waals surface area (Å²) in [4.78, 5) is 2.10. The molecule has 1 aliphatic rings. The summed E-state index contributed by atoms with van der Waals surface area (Å²) in [5, 5.41) is 7.07. The second-order valence-electron chi connectivity index (χ2n) is 6.07. The van der Waals surface area contributed by atoms with Gasteiger partial charge in [0.1, 0.15) is 11.6 Å². The van der Waals surface area contributed by atoms with Crippen LogP contribution in [0.4, 0.5) is 21.5 Å². The molecule has 0 amide bonds. The highest BCUT2D eigenvalue weighted by atomic mass is 35.5. The van der Waals surface area contributed by atoms with E-state index in [-0.39, 0.29) is 5.82 Å². The molecule has 0 spiro atoms. The van der Waals surface area contributed by atoms with E-state index in [1.54, 1.807) is 18.2 Å². The molecule has 2 aromatic carbocycles. The third kappa shape index (κ3) is 4.59. The lowest BCUT2D eigenvalue weighted by atomic mass is 10.1. The van der Waals surface area contributed by atoms with E-state index in [4.69, 9.17) is 23.2 Å². The van der Waals surface area contributed by atoms with Crippen molar-refractivity contribution in [2.24, 2.45) is 0 Å². The van der Waals surface area contributed by atoms with E-state index in [1.165, 1.54) is 12.5 Å². The summed E-state index contributed by atoms with van der Waals surface area (Å²) in [6.45, 7) is 5.73. The van der Waals surface area contributed by atoms with Crippen LogP contribution in [0, 0.1) is 5.82 Å². The normalized spacial score (nSPS) is 14.3. The van der Waals surface area contributed by atoms with Crippen molar-refractivity contribution in [1.29, 1.82) is 0 Å². The molecule has 0 bridgehead atoms. The van der Waals surface area contributed by atoms with Crippen LogP contribution in [0.2, 0.25) is 10.0 Å². The lowest BCUT2D eigenvalue weighted by Crippen LogP contribution is -2.30. The molecule has 0 radical (unpaired) electrons. The molecule has 2 N–H and O–H groups in total. The number of nitrogens with one attached hydrogen (secondary N) is 2. The first-order chi connectivity index (χ1) is 12.0. The number of halogens is 3. The van der Waals surface area contributed by atoms with Gasteiger partial charge in [-0.2, -0.15) is 0 Å². The summed E-state index contributed by atoms with van der Waals surface area (Å²) in [5.41, 5.74) is 2.04. The Hall–Kier alpha value is -1.91. The molecule has 3 rings (SSSR count). The second kappa shape index (κ2) is 7.98. The highest BCUT2D eigenvalue weighted by Gasteiger charge is 2.15. The van der Waals surface area contributed by atoms with Gasteiger partial charge in [0.25, 0.3) is 0 Å². The van der Waals surface area contributed by atoms with Crippen molar-refractivity contribution in [3.05, 3.63) is 64.7 Å². The molecule has 0 unspecified atom stereocenters. The van der Waals surface area contributed by atoms with Gasteiger partial charge in [0, 0.05) is 24.5 Å². The summed E-state index contributed by atoms with van der Waals surface area (Å²) in [6.07, 6.45) is 3.45. The molecule has 1 aliphatic heterocycles. The molecule has 25 heavy (non-hydrogen) atoms. The molecule has 132 valence electrons. The van der Waals surface area contributed by atoms with Gasteiger partial charge in [-0.3, -0.25) is 0 Å². The Morgan fingerprint density at radius 1 is 0.920 bits per heavy atom. The van der Waals surface area contributed by atoms with Crippen LogP contribution in [0.25, 0.3) is 0 Å². The molecule has 1 saturated heterocycles. The van der Waals surface area contributed by atoms with Gasteiger partial charge in [-0.25, -0.2) is 4.39 Å². The van der Waals surface area contributed by atoms with Crippen molar-refractivity contribution in [1.82, 2.24) is 0 Å². The third-order valence-corrected chi connectivity index (χ3v) is 4.89. The fourth-order valence-electron chi connectivity index (χ4n) is 2.93. The monoisotopic (exact) mass is 379 g/mol. The fraction of sp³-hybridized carbons (Fsp3) is 0.263. The Morgan fingerprint density at radius 2 is 1.56 bits per heavy atom. The minimum absolute atomic E-state index is 0.228. The van der Waals surface area contributed by atoms with Crippen molar-refractivity contribution in [2.75, 3.05) is 28.6 Å². The predicted molar refractivity (Wildman–Crippen MR) is 105 cm³/mol. The summed E-state index contributed by atoms with van der Waals surface area (Å²) in [7, 11) is 0. The highest BCUT2D eigenvalue weighted by molar-refractivity contribution is 6.42. The molecule has 2 aromatic rings. The molecule has 1 fully saturated rings. The van der Waals surface area contributed by atoms with Gasteiger partial charge < -0.3 is 15.5 Å². The first-order valence-corrected chi connectivity index (χ1v) is 9.01. The van der Waals surface area contributed by atoms with Crippen LogP contribution in [0.1, 0.15) is 19.3 Å². The maximum Gasteiger partial charge on any atom is 0.148 e. The standard InChI is InChI=1S/C19H20Cl2FN3/c1-13(23-14-5-7-16(20)17(21)11-14)24-15-6-8-19(18(22)12-15)25-9-3-2-4-10-25/h5-8,11-12,23-24H,1-4,9-10H2. The molecule has 3 nitrogen and oxygen atoms in total. The van der Waals surface area contributed by atoms with Crippen molar-refractivity contribution < 1.29 is 4.39 Å². The van der Waals surface area contributed by atoms with E-state index in [1.807, 2.05) is 12.1 Å². The van der Waals surface area contributed by atoms with Crippen LogP contribution >= 0.6 is 23.2 Å². The SMILES string of the molecule is C=C(Nc1ccc(N2CCCCC2)c(F)c1)Nc1ccc(Cl)c(Cl)c1. The smallest absolute Gasteiger partial charge is 0.148 e. The number of anilines is 3. The molecule has 0 saturated carbocycles. The Kier molecular flexibility index (Phi) is 5.71. The summed E-state index contributed by atoms with van der Waals surface area (Å²) in [5.74, 6) is 0.290. The topological polar surface area (TPSA) is 27.3 Å². The van der Waals surface area contributed by atoms with E-state index in [0.717, 1.165) is 31.6 Å². The molecule has 0 atom stereocenters. The zero-order valence-corrected chi connectivity index (χ0v) is 15.3. The molecule has 1 heterocycles. The zero-order chi connectivity index (χ0) is 17.8. The van der Waals surface area contributed by atoms with Crippen molar-refractivity contribution in [3.63, 3.8) is 0 Å². The van der Waals surface area contributed by atoms with Crippen LogP contribution in [-0.2, 0) is 0 Å². The lowest BCUT2D eigenvalue weighted by molar-refractivity contribution is 0.557. The number of hydrogen-bond donors (Lipinski definition) is 2. The number of benzene rings is 2. The first-order valence-electron chi connectivity index (χ1n) is 8.25. The van der Waals surface area contributed by atoms with Gasteiger partial charge in [0.05, 0.1) is 15.7 Å². The Labute approximate surface area is 157 Å². The number of nitrogens with zero attached hydrogens (tertiary/aromatic N) is 1. The van der Waals surface area contributed by atoms with E-state index in [0.29, 0.717) is 27.2 Å². The van der Waals surface area contributed by atoms with Crippen LogP contribution in [0.5, 0.6) is 0 Å². The fourth-order valence-corrected chi connectivity index (χ4v) is 3.23. The van der Waals surface area contributed by atoms with E-state index >= 15 is 0 Å². The summed E-state index contributed by atoms with van der Waals surface area (Å²) < 4.78 is 14.4. The average Bonchev–Trinajstić information content (AvgIpc) is 2.59. The molecular weight excluding hydrogens is 360 g/mol. The molecule has 6 heteroatoms. The Bertz CT molecular complexity index is 773. The Morgan fingerprint density at radius 3 is 2.20 bits per heavy atom. The van der Waals surface area contributed by atoms with Crippen LogP contribution in [0.3, 0.4) is 0 Å². The van der Waals surface area contributed by atoms with Crippen molar-refractivity contribution in [2.45, 2.75) is 19.3 Å².